The lowest BCUT2D eigenvalue weighted by atomic mass is 10.0. The average molecular weight is 548 g/mol. The fourth-order valence-electron chi connectivity index (χ4n) is 4.89. The van der Waals surface area contributed by atoms with Gasteiger partial charge < -0.3 is 24.1 Å². The number of furan rings is 1. The maximum atomic E-state index is 6.48. The number of hydrogen-bond donors (Lipinski definition) is 1. The number of aryl methyl sites for hydroxylation is 1. The summed E-state index contributed by atoms with van der Waals surface area (Å²) in [6.45, 7) is 4.66. The molecule has 3 heterocycles. The van der Waals surface area contributed by atoms with Crippen molar-refractivity contribution in [2.75, 3.05) is 11.5 Å². The van der Waals surface area contributed by atoms with Crippen LogP contribution in [-0.2, 0) is 0 Å². The maximum Gasteiger partial charge on any atom is 0.174 e. The normalized spacial score (nSPS) is 16.6. The van der Waals surface area contributed by atoms with Crippen LogP contribution in [0.15, 0.2) is 114 Å². The van der Waals surface area contributed by atoms with E-state index in [4.69, 9.17) is 26.1 Å². The van der Waals surface area contributed by atoms with Crippen molar-refractivity contribution in [2.45, 2.75) is 25.9 Å². The van der Waals surface area contributed by atoms with Crippen molar-refractivity contribution in [1.29, 1.82) is 0 Å². The number of pyridine rings is 1. The Morgan fingerprint density at radius 2 is 1.55 bits per heavy atom. The molecule has 6 nitrogen and oxygen atoms in total. The number of ether oxygens (including phenoxy) is 2. The van der Waals surface area contributed by atoms with Gasteiger partial charge >= 0.3 is 0 Å². The Labute approximate surface area is 239 Å². The van der Waals surface area contributed by atoms with Crippen LogP contribution in [0.1, 0.15) is 36.0 Å². The summed E-state index contributed by atoms with van der Waals surface area (Å²) in [5, 5.41) is 4.09. The van der Waals surface area contributed by atoms with Gasteiger partial charge in [-0.3, -0.25) is 4.98 Å². The second kappa shape index (κ2) is 11.2. The van der Waals surface area contributed by atoms with E-state index >= 15 is 0 Å². The van der Waals surface area contributed by atoms with Crippen molar-refractivity contribution < 1.29 is 13.9 Å². The lowest BCUT2D eigenvalue weighted by Crippen LogP contribution is -2.29. The van der Waals surface area contributed by atoms with Crippen LogP contribution in [0.5, 0.6) is 17.2 Å². The third-order valence-corrected chi connectivity index (χ3v) is 7.15. The molecule has 1 saturated heterocycles. The van der Waals surface area contributed by atoms with Crippen LogP contribution in [0.2, 0.25) is 0 Å². The highest BCUT2D eigenvalue weighted by molar-refractivity contribution is 7.80. The third-order valence-electron chi connectivity index (χ3n) is 6.84. The van der Waals surface area contributed by atoms with E-state index in [1.54, 1.807) is 6.20 Å². The number of thiocarbonyl (C=S) groups is 1. The van der Waals surface area contributed by atoms with Crippen molar-refractivity contribution in [3.63, 3.8) is 0 Å². The second-order valence-electron chi connectivity index (χ2n) is 9.57. The zero-order valence-corrected chi connectivity index (χ0v) is 23.1. The lowest BCUT2D eigenvalue weighted by molar-refractivity contribution is 0.340. The molecule has 6 rings (SSSR count). The molecule has 3 aromatic carbocycles. The summed E-state index contributed by atoms with van der Waals surface area (Å²) in [7, 11) is 0. The zero-order chi connectivity index (χ0) is 27.5. The standard InChI is InChI=1S/C33H29N3O3S/c1-3-37-25-15-9-23(10-16-25)29-19-20-30(39-29)32-31(28-6-4-5-21-34-28)35-33(40)36(32)24-11-17-27(18-12-24)38-26-13-7-22(2)8-14-26/h4-21,31-32H,3H2,1-2H3,(H,35,40)/t31-,32+/m1/s1. The Morgan fingerprint density at radius 3 is 2.23 bits per heavy atom. The number of rotatable bonds is 8. The first kappa shape index (κ1) is 25.6. The van der Waals surface area contributed by atoms with E-state index in [1.807, 2.05) is 110 Å². The van der Waals surface area contributed by atoms with Crippen LogP contribution < -0.4 is 19.7 Å². The van der Waals surface area contributed by atoms with Crippen LogP contribution in [0, 0.1) is 6.92 Å². The molecule has 1 aliphatic rings. The van der Waals surface area contributed by atoms with E-state index in [-0.39, 0.29) is 12.1 Å². The molecule has 0 amide bonds. The highest BCUT2D eigenvalue weighted by atomic mass is 32.1. The van der Waals surface area contributed by atoms with Crippen molar-refractivity contribution in [1.82, 2.24) is 10.3 Å². The van der Waals surface area contributed by atoms with Crippen molar-refractivity contribution in [3.8, 4) is 28.6 Å². The van der Waals surface area contributed by atoms with Crippen molar-refractivity contribution >= 4 is 23.0 Å². The van der Waals surface area contributed by atoms with E-state index in [2.05, 4.69) is 22.1 Å². The fourth-order valence-corrected chi connectivity index (χ4v) is 5.23. The minimum Gasteiger partial charge on any atom is -0.494 e. The van der Waals surface area contributed by atoms with E-state index < -0.39 is 0 Å². The number of nitrogens with one attached hydrogen (secondary N) is 1. The Hall–Kier alpha value is -4.62. The van der Waals surface area contributed by atoms with Gasteiger partial charge in [-0.1, -0.05) is 23.8 Å². The molecule has 1 N–H and O–H groups in total. The largest absolute Gasteiger partial charge is 0.494 e. The van der Waals surface area contributed by atoms with Crippen LogP contribution in [0.25, 0.3) is 11.3 Å². The smallest absolute Gasteiger partial charge is 0.174 e. The van der Waals surface area contributed by atoms with Gasteiger partial charge in [0, 0.05) is 17.4 Å². The highest BCUT2D eigenvalue weighted by Gasteiger charge is 2.42. The molecule has 0 unspecified atom stereocenters. The van der Waals surface area contributed by atoms with Gasteiger partial charge in [-0.05, 0) is 111 Å². The SMILES string of the molecule is CCOc1ccc(-c2ccc([C@H]3[C@@H](c4ccccn4)NC(=S)N3c3ccc(Oc4ccc(C)cc4)cc3)o2)cc1. The molecule has 5 aromatic rings. The molecule has 0 saturated carbocycles. The number of nitrogens with zero attached hydrogens (tertiary/aromatic N) is 2. The topological polar surface area (TPSA) is 59.8 Å². The Morgan fingerprint density at radius 1 is 0.850 bits per heavy atom. The average Bonchev–Trinajstić information content (AvgIpc) is 3.60. The molecule has 40 heavy (non-hydrogen) atoms. The van der Waals surface area contributed by atoms with Gasteiger partial charge in [-0.25, -0.2) is 0 Å². The minimum absolute atomic E-state index is 0.198. The predicted molar refractivity (Wildman–Crippen MR) is 161 cm³/mol. The van der Waals surface area contributed by atoms with Gasteiger partial charge in [0.15, 0.2) is 5.11 Å². The summed E-state index contributed by atoms with van der Waals surface area (Å²) in [6.07, 6.45) is 1.80. The monoisotopic (exact) mass is 547 g/mol. The number of hydrogen-bond acceptors (Lipinski definition) is 5. The van der Waals surface area contributed by atoms with E-state index in [9.17, 15) is 0 Å². The van der Waals surface area contributed by atoms with Gasteiger partial charge in [0.2, 0.25) is 0 Å². The van der Waals surface area contributed by atoms with Crippen LogP contribution >= 0.6 is 12.2 Å². The Kier molecular flexibility index (Phi) is 7.21. The molecule has 2 atom stereocenters. The molecule has 2 aromatic heterocycles. The first-order chi connectivity index (χ1) is 19.6. The van der Waals surface area contributed by atoms with Gasteiger partial charge in [0.05, 0.1) is 18.3 Å². The summed E-state index contributed by atoms with van der Waals surface area (Å²) in [5.74, 6) is 3.94. The van der Waals surface area contributed by atoms with Gasteiger partial charge in [0.1, 0.15) is 34.8 Å². The zero-order valence-electron chi connectivity index (χ0n) is 22.3. The molecule has 0 aliphatic carbocycles. The summed E-state index contributed by atoms with van der Waals surface area (Å²) in [6, 6.07) is 33.3. The molecule has 0 bridgehead atoms. The van der Waals surface area contributed by atoms with E-state index in [1.165, 1.54) is 5.56 Å². The molecule has 1 fully saturated rings. The molecular formula is C33H29N3O3S. The van der Waals surface area contributed by atoms with E-state index in [0.29, 0.717) is 11.7 Å². The van der Waals surface area contributed by atoms with E-state index in [0.717, 1.165) is 45.7 Å². The second-order valence-corrected chi connectivity index (χ2v) is 9.95. The Balaban J connectivity index is 1.32. The molecular weight excluding hydrogens is 518 g/mol. The maximum absolute atomic E-state index is 6.48. The third kappa shape index (κ3) is 5.28. The van der Waals surface area contributed by atoms with Crippen LogP contribution in [-0.4, -0.2) is 16.7 Å². The highest BCUT2D eigenvalue weighted by Crippen LogP contribution is 2.43. The summed E-state index contributed by atoms with van der Waals surface area (Å²) in [5.41, 5.74) is 3.98. The molecule has 0 spiro atoms. The fraction of sp³-hybridized carbons (Fsp3) is 0.152. The number of aromatic nitrogens is 1. The summed E-state index contributed by atoms with van der Waals surface area (Å²) >= 11 is 5.87. The molecule has 7 heteroatoms. The predicted octanol–water partition coefficient (Wildman–Crippen LogP) is 8.02. The lowest BCUT2D eigenvalue weighted by Gasteiger charge is -2.26. The quantitative estimate of drug-likeness (QED) is 0.197. The molecule has 0 radical (unpaired) electrons. The number of benzene rings is 3. The van der Waals surface area contributed by atoms with Crippen LogP contribution in [0.4, 0.5) is 5.69 Å². The van der Waals surface area contributed by atoms with Crippen LogP contribution in [0.3, 0.4) is 0 Å². The number of anilines is 1. The summed E-state index contributed by atoms with van der Waals surface area (Å²) in [4.78, 5) is 6.72. The van der Waals surface area contributed by atoms with Gasteiger partial charge in [-0.15, -0.1) is 0 Å². The Bertz CT molecular complexity index is 1580. The summed E-state index contributed by atoms with van der Waals surface area (Å²) < 4.78 is 18.1. The first-order valence-corrected chi connectivity index (χ1v) is 13.7. The molecule has 1 aliphatic heterocycles. The van der Waals surface area contributed by atoms with Crippen molar-refractivity contribution in [2.24, 2.45) is 0 Å². The first-order valence-electron chi connectivity index (χ1n) is 13.3. The minimum atomic E-state index is -0.247. The van der Waals surface area contributed by atoms with Crippen molar-refractivity contribution in [3.05, 3.63) is 126 Å². The molecule has 200 valence electrons. The van der Waals surface area contributed by atoms with Gasteiger partial charge in [0.25, 0.3) is 0 Å². The van der Waals surface area contributed by atoms with Gasteiger partial charge in [-0.2, -0.15) is 0 Å².